The van der Waals surface area contributed by atoms with Crippen LogP contribution in [0.15, 0.2) is 6.20 Å². The Morgan fingerprint density at radius 1 is 1.23 bits per heavy atom. The van der Waals surface area contributed by atoms with Gasteiger partial charge >= 0.3 is 0 Å². The fourth-order valence-electron chi connectivity index (χ4n) is 4.28. The number of amides is 1. The highest BCUT2D eigenvalue weighted by molar-refractivity contribution is 5.95. The molecule has 0 aromatic carbocycles. The number of hydrogen-bond acceptors (Lipinski definition) is 4. The molecule has 1 saturated carbocycles. The van der Waals surface area contributed by atoms with Crippen LogP contribution in [0.4, 0.5) is 0 Å². The molecule has 7 heteroatoms. The predicted molar refractivity (Wildman–Crippen MR) is 105 cm³/mol. The van der Waals surface area contributed by atoms with Gasteiger partial charge < -0.3 is 10.2 Å². The summed E-state index contributed by atoms with van der Waals surface area (Å²) >= 11 is 0. The molecule has 2 saturated heterocycles. The molecule has 1 aliphatic carbocycles. The minimum absolute atomic E-state index is 0. The fourth-order valence-corrected chi connectivity index (χ4v) is 4.28. The van der Waals surface area contributed by atoms with Crippen molar-refractivity contribution < 1.29 is 4.79 Å². The number of carbonyl (C=O) groups is 1. The number of nitrogens with one attached hydrogen (secondary N) is 1. The van der Waals surface area contributed by atoms with Crippen molar-refractivity contribution in [2.75, 3.05) is 39.3 Å². The summed E-state index contributed by atoms with van der Waals surface area (Å²) in [7, 11) is 0. The van der Waals surface area contributed by atoms with E-state index in [1.165, 1.54) is 18.5 Å². The molecule has 3 heterocycles. The van der Waals surface area contributed by atoms with Crippen molar-refractivity contribution in [3.05, 3.63) is 17.5 Å². The normalized spacial score (nSPS) is 24.1. The molecule has 1 atom stereocenters. The van der Waals surface area contributed by atoms with Gasteiger partial charge in [-0.1, -0.05) is 13.8 Å². The summed E-state index contributed by atoms with van der Waals surface area (Å²) in [5.41, 5.74) is 2.06. The molecule has 1 aromatic rings. The molecule has 0 radical (unpaired) electrons. The number of carbonyl (C=O) groups excluding carboxylic acids is 1. The van der Waals surface area contributed by atoms with Crippen molar-refractivity contribution in [3.63, 3.8) is 0 Å². The monoisotopic (exact) mass is 381 g/mol. The summed E-state index contributed by atoms with van der Waals surface area (Å²) in [5, 5.41) is 7.98. The lowest BCUT2D eigenvalue weighted by molar-refractivity contribution is 0.0772. The van der Waals surface area contributed by atoms with Crippen molar-refractivity contribution in [2.24, 2.45) is 5.92 Å². The van der Waals surface area contributed by atoms with E-state index in [9.17, 15) is 4.79 Å². The van der Waals surface area contributed by atoms with E-state index in [0.717, 1.165) is 57.8 Å². The summed E-state index contributed by atoms with van der Waals surface area (Å²) in [5.74, 6) is 1.30. The van der Waals surface area contributed by atoms with Gasteiger partial charge in [-0.05, 0) is 25.2 Å². The molecule has 3 aliphatic rings. The first-order chi connectivity index (χ1) is 12.1. The van der Waals surface area contributed by atoms with E-state index < -0.39 is 0 Å². The zero-order valence-electron chi connectivity index (χ0n) is 16.0. The third-order valence-electron chi connectivity index (χ3n) is 5.73. The topological polar surface area (TPSA) is 53.4 Å². The molecule has 1 amide bonds. The van der Waals surface area contributed by atoms with Crippen LogP contribution in [0.3, 0.4) is 0 Å². The quantitative estimate of drug-likeness (QED) is 0.847. The molecule has 0 spiro atoms. The Bertz CT molecular complexity index is 621. The molecular weight excluding hydrogens is 350 g/mol. The fraction of sp³-hybridized carbons (Fsp3) is 0.789. The van der Waals surface area contributed by atoms with Crippen LogP contribution in [0.2, 0.25) is 0 Å². The average Bonchev–Trinajstić information content (AvgIpc) is 3.18. The van der Waals surface area contributed by atoms with Crippen molar-refractivity contribution in [3.8, 4) is 0 Å². The number of rotatable bonds is 5. The van der Waals surface area contributed by atoms with Crippen LogP contribution >= 0.6 is 12.4 Å². The maximum atomic E-state index is 13.2. The van der Waals surface area contributed by atoms with Crippen molar-refractivity contribution >= 4 is 18.3 Å². The van der Waals surface area contributed by atoms with Crippen molar-refractivity contribution in [1.82, 2.24) is 24.9 Å². The zero-order chi connectivity index (χ0) is 17.4. The van der Waals surface area contributed by atoms with Gasteiger partial charge in [0.25, 0.3) is 5.91 Å². The third-order valence-corrected chi connectivity index (χ3v) is 5.73. The second kappa shape index (κ2) is 8.28. The smallest absolute Gasteiger partial charge is 0.257 e. The van der Waals surface area contributed by atoms with E-state index in [2.05, 4.69) is 38.7 Å². The molecule has 4 rings (SSSR count). The van der Waals surface area contributed by atoms with Gasteiger partial charge in [0.1, 0.15) is 0 Å². The average molecular weight is 382 g/mol. The van der Waals surface area contributed by atoms with Gasteiger partial charge in [-0.2, -0.15) is 5.10 Å². The predicted octanol–water partition coefficient (Wildman–Crippen LogP) is 1.96. The molecule has 146 valence electrons. The van der Waals surface area contributed by atoms with E-state index in [1.807, 2.05) is 6.20 Å². The van der Waals surface area contributed by atoms with E-state index in [0.29, 0.717) is 17.9 Å². The highest BCUT2D eigenvalue weighted by Gasteiger charge is 2.36. The molecule has 6 nitrogen and oxygen atoms in total. The van der Waals surface area contributed by atoms with Gasteiger partial charge in [0, 0.05) is 57.8 Å². The summed E-state index contributed by atoms with van der Waals surface area (Å²) in [6, 6.07) is 0.529. The van der Waals surface area contributed by atoms with Crippen LogP contribution in [-0.2, 0) is 6.54 Å². The number of aromatic nitrogens is 2. The Hall–Kier alpha value is -1.11. The van der Waals surface area contributed by atoms with Gasteiger partial charge in [-0.25, -0.2) is 0 Å². The first-order valence-corrected chi connectivity index (χ1v) is 9.93. The number of hydrogen-bond donors (Lipinski definition) is 1. The Kier molecular flexibility index (Phi) is 6.25. The molecule has 1 aromatic heterocycles. The summed E-state index contributed by atoms with van der Waals surface area (Å²) in [4.78, 5) is 17.8. The van der Waals surface area contributed by atoms with Crippen LogP contribution in [0, 0.1) is 5.92 Å². The second-order valence-electron chi connectivity index (χ2n) is 8.27. The molecular formula is C19H32ClN5O. The number of likely N-dealkylation sites (tertiary alicyclic amines) is 1. The zero-order valence-corrected chi connectivity index (χ0v) is 16.8. The Labute approximate surface area is 162 Å². The van der Waals surface area contributed by atoms with E-state index in [-0.39, 0.29) is 18.3 Å². The summed E-state index contributed by atoms with van der Waals surface area (Å²) < 4.78 is 2.10. The number of piperazine rings is 1. The summed E-state index contributed by atoms with van der Waals surface area (Å²) in [6.07, 6.45) is 5.34. The Balaban J connectivity index is 0.00000196. The van der Waals surface area contributed by atoms with Crippen molar-refractivity contribution in [1.29, 1.82) is 0 Å². The highest BCUT2D eigenvalue weighted by Crippen LogP contribution is 2.42. The standard InChI is InChI=1S/C19H31N5O.ClH/c1-14(2)12-24-18(15-3-4-15)17(11-21-24)19(25)23-8-5-16(13-23)22-9-6-20-7-10-22;/h11,14-16,20H,3-10,12-13H2,1-2H3;1H. The molecule has 1 unspecified atom stereocenters. The lowest BCUT2D eigenvalue weighted by Gasteiger charge is -2.32. The van der Waals surface area contributed by atoms with Gasteiger partial charge in [0.2, 0.25) is 0 Å². The van der Waals surface area contributed by atoms with Crippen LogP contribution < -0.4 is 5.32 Å². The largest absolute Gasteiger partial charge is 0.337 e. The van der Waals surface area contributed by atoms with E-state index in [4.69, 9.17) is 0 Å². The van der Waals surface area contributed by atoms with Gasteiger partial charge in [-0.3, -0.25) is 14.4 Å². The Morgan fingerprint density at radius 3 is 2.62 bits per heavy atom. The maximum absolute atomic E-state index is 13.2. The minimum Gasteiger partial charge on any atom is -0.337 e. The van der Waals surface area contributed by atoms with E-state index >= 15 is 0 Å². The van der Waals surface area contributed by atoms with Crippen LogP contribution in [0.1, 0.15) is 55.1 Å². The summed E-state index contributed by atoms with van der Waals surface area (Å²) in [6.45, 7) is 11.4. The SMILES string of the molecule is CC(C)Cn1ncc(C(=O)N2CCC(N3CCNCC3)C2)c1C1CC1.Cl. The van der Waals surface area contributed by atoms with Crippen molar-refractivity contribution in [2.45, 2.75) is 51.6 Å². The minimum atomic E-state index is 0. The molecule has 3 fully saturated rings. The first-order valence-electron chi connectivity index (χ1n) is 9.93. The van der Waals surface area contributed by atoms with Crippen LogP contribution in [0.25, 0.3) is 0 Å². The molecule has 2 aliphatic heterocycles. The maximum Gasteiger partial charge on any atom is 0.257 e. The van der Waals surface area contributed by atoms with Crippen LogP contribution in [-0.4, -0.2) is 70.8 Å². The van der Waals surface area contributed by atoms with E-state index in [1.54, 1.807) is 0 Å². The first kappa shape index (κ1) is 19.6. The highest BCUT2D eigenvalue weighted by atomic mass is 35.5. The number of halogens is 1. The molecule has 1 N–H and O–H groups in total. The molecule has 0 bridgehead atoms. The third kappa shape index (κ3) is 4.07. The lowest BCUT2D eigenvalue weighted by atomic mass is 10.1. The number of nitrogens with zero attached hydrogens (tertiary/aromatic N) is 4. The van der Waals surface area contributed by atoms with Gasteiger partial charge in [0.05, 0.1) is 17.5 Å². The second-order valence-corrected chi connectivity index (χ2v) is 8.27. The lowest BCUT2D eigenvalue weighted by Crippen LogP contribution is -2.49. The van der Waals surface area contributed by atoms with Gasteiger partial charge in [0.15, 0.2) is 0 Å². The van der Waals surface area contributed by atoms with Crippen LogP contribution in [0.5, 0.6) is 0 Å². The molecule has 26 heavy (non-hydrogen) atoms. The Morgan fingerprint density at radius 2 is 1.96 bits per heavy atom. The van der Waals surface area contributed by atoms with Gasteiger partial charge in [-0.15, -0.1) is 12.4 Å².